The zero-order valence-electron chi connectivity index (χ0n) is 13.8. The molecule has 0 amide bonds. The molecule has 0 bridgehead atoms. The molecule has 4 aromatic rings. The van der Waals surface area contributed by atoms with E-state index in [0.29, 0.717) is 27.6 Å². The second-order valence-electron chi connectivity index (χ2n) is 5.66. The first-order valence-corrected chi connectivity index (χ1v) is 8.82. The van der Waals surface area contributed by atoms with Gasteiger partial charge < -0.3 is 4.98 Å². The maximum Gasteiger partial charge on any atom is 0.258 e. The highest BCUT2D eigenvalue weighted by Crippen LogP contribution is 2.33. The fraction of sp³-hybridized carbons (Fsp3) is 0.111. The van der Waals surface area contributed by atoms with Crippen LogP contribution in [-0.4, -0.2) is 24.7 Å². The van der Waals surface area contributed by atoms with Crippen molar-refractivity contribution in [1.82, 2.24) is 24.7 Å². The molecule has 1 N–H and O–H groups in total. The van der Waals surface area contributed by atoms with Crippen molar-refractivity contribution in [1.29, 1.82) is 0 Å². The smallest absolute Gasteiger partial charge is 0.258 e. The summed E-state index contributed by atoms with van der Waals surface area (Å²) < 4.78 is 15.7. The summed E-state index contributed by atoms with van der Waals surface area (Å²) in [5, 5.41) is 8.81. The molecule has 26 heavy (non-hydrogen) atoms. The fourth-order valence-electron chi connectivity index (χ4n) is 2.63. The van der Waals surface area contributed by atoms with Crippen LogP contribution in [0.2, 0.25) is 0 Å². The van der Waals surface area contributed by atoms with Crippen LogP contribution in [0.25, 0.3) is 16.6 Å². The Morgan fingerprint density at radius 2 is 1.92 bits per heavy atom. The molecule has 0 saturated heterocycles. The third-order valence-electron chi connectivity index (χ3n) is 3.93. The number of benzene rings is 2. The van der Waals surface area contributed by atoms with Crippen molar-refractivity contribution in [3.05, 3.63) is 76.9 Å². The predicted molar refractivity (Wildman–Crippen MR) is 98.0 cm³/mol. The number of aromatic amines is 1. The molecule has 0 saturated carbocycles. The Bertz CT molecular complexity index is 1140. The number of aromatic nitrogens is 5. The SMILES string of the molecule is C[C@H](Sc1nncn1-c1ccccc1F)c1nc2ccccc2c(=O)[nH]1. The number of H-pyrrole nitrogens is 1. The summed E-state index contributed by atoms with van der Waals surface area (Å²) in [6, 6.07) is 13.6. The summed E-state index contributed by atoms with van der Waals surface area (Å²) in [4.78, 5) is 19.6. The second-order valence-corrected chi connectivity index (χ2v) is 6.97. The minimum absolute atomic E-state index is 0.186. The minimum Gasteiger partial charge on any atom is -0.309 e. The van der Waals surface area contributed by atoms with Crippen LogP contribution in [0.15, 0.2) is 64.8 Å². The van der Waals surface area contributed by atoms with Gasteiger partial charge in [0.25, 0.3) is 5.56 Å². The van der Waals surface area contributed by atoms with Gasteiger partial charge >= 0.3 is 0 Å². The Morgan fingerprint density at radius 3 is 2.77 bits per heavy atom. The highest BCUT2D eigenvalue weighted by molar-refractivity contribution is 7.99. The van der Waals surface area contributed by atoms with Crippen molar-refractivity contribution in [3.8, 4) is 5.69 Å². The highest BCUT2D eigenvalue weighted by atomic mass is 32.2. The van der Waals surface area contributed by atoms with Crippen molar-refractivity contribution in [3.63, 3.8) is 0 Å². The largest absolute Gasteiger partial charge is 0.309 e. The van der Waals surface area contributed by atoms with Crippen molar-refractivity contribution in [2.24, 2.45) is 0 Å². The standard InChI is InChI=1S/C18H14FN5OS/c1-11(16-21-14-8-4-2-6-12(14)17(25)22-16)26-18-23-20-10-24(18)15-9-5-3-7-13(15)19/h2-11H,1H3,(H,21,22,25)/t11-/m0/s1. The van der Waals surface area contributed by atoms with Crippen molar-refractivity contribution in [2.75, 3.05) is 0 Å². The van der Waals surface area contributed by atoms with Crippen LogP contribution in [0.5, 0.6) is 0 Å². The van der Waals surface area contributed by atoms with Gasteiger partial charge in [0.2, 0.25) is 0 Å². The molecule has 0 aliphatic heterocycles. The van der Waals surface area contributed by atoms with Crippen molar-refractivity contribution < 1.29 is 4.39 Å². The number of hydrogen-bond acceptors (Lipinski definition) is 5. The Labute approximate surface area is 152 Å². The van der Waals surface area contributed by atoms with Gasteiger partial charge in [-0.1, -0.05) is 36.0 Å². The Balaban J connectivity index is 1.68. The van der Waals surface area contributed by atoms with Crippen molar-refractivity contribution >= 4 is 22.7 Å². The minimum atomic E-state index is -0.362. The lowest BCUT2D eigenvalue weighted by Gasteiger charge is -2.12. The molecule has 0 spiro atoms. The number of rotatable bonds is 4. The van der Waals surface area contributed by atoms with Gasteiger partial charge in [0.15, 0.2) is 5.16 Å². The summed E-state index contributed by atoms with van der Waals surface area (Å²) in [6.45, 7) is 1.90. The van der Waals surface area contributed by atoms with Gasteiger partial charge in [0.1, 0.15) is 18.0 Å². The quantitative estimate of drug-likeness (QED) is 0.559. The molecule has 0 fully saturated rings. The molecule has 0 aliphatic rings. The molecule has 130 valence electrons. The van der Waals surface area contributed by atoms with E-state index in [-0.39, 0.29) is 16.6 Å². The van der Waals surface area contributed by atoms with Gasteiger partial charge in [0.05, 0.1) is 21.8 Å². The van der Waals surface area contributed by atoms with E-state index in [1.165, 1.54) is 24.2 Å². The Morgan fingerprint density at radius 1 is 1.15 bits per heavy atom. The van der Waals surface area contributed by atoms with Gasteiger partial charge in [-0.05, 0) is 31.2 Å². The molecule has 1 atom stereocenters. The third-order valence-corrected chi connectivity index (χ3v) is 4.99. The van der Waals surface area contributed by atoms with Gasteiger partial charge in [-0.2, -0.15) is 0 Å². The van der Waals surface area contributed by atoms with E-state index in [9.17, 15) is 9.18 Å². The lowest BCUT2D eigenvalue weighted by molar-refractivity contribution is 0.613. The van der Waals surface area contributed by atoms with Crippen LogP contribution >= 0.6 is 11.8 Å². The summed E-state index contributed by atoms with van der Waals surface area (Å²) >= 11 is 1.34. The highest BCUT2D eigenvalue weighted by Gasteiger charge is 2.17. The normalized spacial score (nSPS) is 12.4. The molecular formula is C18H14FN5OS. The maximum absolute atomic E-state index is 14.1. The number of para-hydroxylation sites is 2. The number of nitrogens with zero attached hydrogens (tertiary/aromatic N) is 4. The zero-order valence-corrected chi connectivity index (χ0v) is 14.6. The zero-order chi connectivity index (χ0) is 18.1. The van der Waals surface area contributed by atoms with Crippen molar-refractivity contribution in [2.45, 2.75) is 17.3 Å². The molecule has 2 heterocycles. The monoisotopic (exact) mass is 367 g/mol. The number of thioether (sulfide) groups is 1. The molecule has 0 radical (unpaired) electrons. The molecule has 0 aliphatic carbocycles. The van der Waals surface area contributed by atoms with E-state index in [4.69, 9.17) is 0 Å². The van der Waals surface area contributed by atoms with Crippen LogP contribution in [0.4, 0.5) is 4.39 Å². The van der Waals surface area contributed by atoms with E-state index in [1.54, 1.807) is 41.0 Å². The predicted octanol–water partition coefficient (Wildman–Crippen LogP) is 3.50. The fourth-order valence-corrected chi connectivity index (χ4v) is 3.52. The summed E-state index contributed by atoms with van der Waals surface area (Å²) in [5.74, 6) is 0.167. The lowest BCUT2D eigenvalue weighted by atomic mass is 10.2. The molecule has 2 aromatic carbocycles. The summed E-state index contributed by atoms with van der Waals surface area (Å²) in [6.07, 6.45) is 1.46. The number of fused-ring (bicyclic) bond motifs is 1. The average Bonchev–Trinajstić information content (AvgIpc) is 3.10. The van der Waals surface area contributed by atoms with Gasteiger partial charge in [-0.25, -0.2) is 9.37 Å². The molecule has 8 heteroatoms. The molecular weight excluding hydrogens is 353 g/mol. The van der Waals surface area contributed by atoms with Crippen LogP contribution in [0.3, 0.4) is 0 Å². The van der Waals surface area contributed by atoms with Crippen LogP contribution in [0, 0.1) is 5.82 Å². The van der Waals surface area contributed by atoms with Crippen LogP contribution in [-0.2, 0) is 0 Å². The summed E-state index contributed by atoms with van der Waals surface area (Å²) in [7, 11) is 0. The van der Waals surface area contributed by atoms with Crippen LogP contribution < -0.4 is 5.56 Å². The van der Waals surface area contributed by atoms with E-state index in [0.717, 1.165) is 0 Å². The molecule has 6 nitrogen and oxygen atoms in total. The topological polar surface area (TPSA) is 76.5 Å². The van der Waals surface area contributed by atoms with E-state index >= 15 is 0 Å². The average molecular weight is 367 g/mol. The first-order valence-electron chi connectivity index (χ1n) is 7.94. The molecule has 2 aromatic heterocycles. The number of nitrogens with one attached hydrogen (secondary N) is 1. The van der Waals surface area contributed by atoms with Crippen LogP contribution in [0.1, 0.15) is 18.0 Å². The van der Waals surface area contributed by atoms with Gasteiger partial charge in [-0.3, -0.25) is 9.36 Å². The van der Waals surface area contributed by atoms with Gasteiger partial charge in [0, 0.05) is 0 Å². The molecule has 4 rings (SSSR count). The lowest BCUT2D eigenvalue weighted by Crippen LogP contribution is -2.13. The first-order chi connectivity index (χ1) is 12.6. The molecule has 0 unspecified atom stereocenters. The van der Waals surface area contributed by atoms with Gasteiger partial charge in [-0.15, -0.1) is 10.2 Å². The van der Waals surface area contributed by atoms with E-state index in [1.807, 2.05) is 13.0 Å². The second kappa shape index (κ2) is 6.72. The number of hydrogen-bond donors (Lipinski definition) is 1. The Kier molecular flexibility index (Phi) is 4.26. The first kappa shape index (κ1) is 16.5. The third kappa shape index (κ3) is 2.99. The van der Waals surface area contributed by atoms with E-state index in [2.05, 4.69) is 20.2 Å². The Hall–Kier alpha value is -3.00. The maximum atomic E-state index is 14.1. The van der Waals surface area contributed by atoms with E-state index < -0.39 is 0 Å². The summed E-state index contributed by atoms with van der Waals surface area (Å²) in [5.41, 5.74) is 0.815. The number of halogens is 1.